The Morgan fingerprint density at radius 3 is 1.49 bits per heavy atom. The Hall–Kier alpha value is -7.43. The van der Waals surface area contributed by atoms with E-state index in [0.717, 1.165) is 72.7 Å². The normalized spacial score (nSPS) is 14.3. The topological polar surface area (TPSA) is 47.9 Å². The van der Waals surface area contributed by atoms with Gasteiger partial charge in [0, 0.05) is 33.2 Å². The summed E-state index contributed by atoms with van der Waals surface area (Å²) >= 11 is 0. The number of aromatic nitrogens is 3. The molecule has 9 aromatic rings. The number of hydrogen-bond donors (Lipinski definition) is 0. The van der Waals surface area contributed by atoms with E-state index < -0.39 is 5.41 Å². The van der Waals surface area contributed by atoms with Gasteiger partial charge in [-0.2, -0.15) is 0 Å². The molecule has 0 radical (unpaired) electrons. The van der Waals surface area contributed by atoms with Crippen molar-refractivity contribution in [1.82, 2.24) is 15.0 Å². The monoisotopic (exact) mass is 731 g/mol. The van der Waals surface area contributed by atoms with Crippen molar-refractivity contribution in [2.24, 2.45) is 0 Å². The number of nitrogens with zero attached hydrogens (tertiary/aromatic N) is 3. The van der Waals surface area contributed by atoms with Crippen molar-refractivity contribution in [3.8, 4) is 79.0 Å². The summed E-state index contributed by atoms with van der Waals surface area (Å²) in [5.41, 5.74) is 12.6. The van der Waals surface area contributed by atoms with Gasteiger partial charge in [0.15, 0.2) is 17.5 Å². The quantitative estimate of drug-likeness (QED) is 0.164. The Bertz CT molecular complexity index is 2820. The Kier molecular flexibility index (Phi) is 8.57. The van der Waals surface area contributed by atoms with Gasteiger partial charge in [0.2, 0.25) is 0 Å². The van der Waals surface area contributed by atoms with E-state index >= 15 is 0 Å². The van der Waals surface area contributed by atoms with Crippen LogP contribution in [0.25, 0.3) is 67.5 Å². The van der Waals surface area contributed by atoms with Gasteiger partial charge in [-0.1, -0.05) is 176 Å². The molecule has 10 rings (SSSR count). The maximum Gasteiger partial charge on any atom is 0.164 e. The molecule has 0 bridgehead atoms. The first-order chi connectivity index (χ1) is 28.1. The van der Waals surface area contributed by atoms with E-state index in [1.807, 2.05) is 66.7 Å². The van der Waals surface area contributed by atoms with E-state index in [2.05, 4.69) is 146 Å². The van der Waals surface area contributed by atoms with Crippen LogP contribution in [0, 0.1) is 0 Å². The standard InChI is InChI=1S/C53H37N3O/c1-53(43-25-12-5-13-26-43)46-27-14-15-28-48(46)57-49-32-30-40(35-47(49)53)39-29-31-44(36-17-6-2-7-18-36)45(34-39)41-23-16-24-42(33-41)52-55-50(37-19-8-3-9-20-37)54-51(56-52)38-21-10-4-11-22-38/h2-35H,1H3. The molecule has 4 heteroatoms. The van der Waals surface area contributed by atoms with Crippen LogP contribution in [0.3, 0.4) is 0 Å². The molecule has 1 unspecified atom stereocenters. The molecule has 4 nitrogen and oxygen atoms in total. The molecule has 0 fully saturated rings. The lowest BCUT2D eigenvalue weighted by Gasteiger charge is -2.38. The first kappa shape index (κ1) is 34.1. The van der Waals surface area contributed by atoms with Crippen molar-refractivity contribution in [2.45, 2.75) is 12.3 Å². The van der Waals surface area contributed by atoms with Crippen LogP contribution in [0.5, 0.6) is 11.5 Å². The Morgan fingerprint density at radius 1 is 0.333 bits per heavy atom. The van der Waals surface area contributed by atoms with Gasteiger partial charge in [0.25, 0.3) is 0 Å². The van der Waals surface area contributed by atoms with E-state index in [1.165, 1.54) is 5.56 Å². The lowest BCUT2D eigenvalue weighted by molar-refractivity contribution is 0.427. The number of benzene rings is 8. The molecule has 0 saturated heterocycles. The van der Waals surface area contributed by atoms with Gasteiger partial charge in [0.05, 0.1) is 0 Å². The van der Waals surface area contributed by atoms with Gasteiger partial charge in [0.1, 0.15) is 11.5 Å². The third-order valence-electron chi connectivity index (χ3n) is 11.1. The highest BCUT2D eigenvalue weighted by Gasteiger charge is 2.39. The van der Waals surface area contributed by atoms with Crippen LogP contribution in [0.1, 0.15) is 23.6 Å². The summed E-state index contributed by atoms with van der Waals surface area (Å²) in [5.74, 6) is 3.66. The second kappa shape index (κ2) is 14.3. The number of rotatable bonds is 7. The van der Waals surface area contributed by atoms with Crippen molar-refractivity contribution in [3.05, 3.63) is 223 Å². The fourth-order valence-electron chi connectivity index (χ4n) is 8.10. The zero-order valence-electron chi connectivity index (χ0n) is 31.4. The molecule has 270 valence electrons. The van der Waals surface area contributed by atoms with Crippen molar-refractivity contribution in [1.29, 1.82) is 0 Å². The fourth-order valence-corrected chi connectivity index (χ4v) is 8.10. The van der Waals surface area contributed by atoms with Gasteiger partial charge in [-0.3, -0.25) is 0 Å². The molecular weight excluding hydrogens is 695 g/mol. The smallest absolute Gasteiger partial charge is 0.164 e. The predicted molar refractivity (Wildman–Crippen MR) is 231 cm³/mol. The summed E-state index contributed by atoms with van der Waals surface area (Å²) in [6, 6.07) is 71.9. The summed E-state index contributed by atoms with van der Waals surface area (Å²) in [5, 5.41) is 0. The van der Waals surface area contributed by atoms with Crippen LogP contribution in [-0.2, 0) is 5.41 Å². The minimum atomic E-state index is -0.412. The van der Waals surface area contributed by atoms with E-state index in [1.54, 1.807) is 0 Å². The van der Waals surface area contributed by atoms with Crippen molar-refractivity contribution in [2.75, 3.05) is 0 Å². The second-order valence-electron chi connectivity index (χ2n) is 14.5. The van der Waals surface area contributed by atoms with Crippen LogP contribution in [0.15, 0.2) is 206 Å². The zero-order valence-corrected chi connectivity index (χ0v) is 31.4. The Labute approximate surface area is 332 Å². The first-order valence-corrected chi connectivity index (χ1v) is 19.3. The molecule has 0 spiro atoms. The third-order valence-corrected chi connectivity index (χ3v) is 11.1. The number of hydrogen-bond acceptors (Lipinski definition) is 4. The van der Waals surface area contributed by atoms with Gasteiger partial charge in [-0.25, -0.2) is 15.0 Å². The molecule has 0 N–H and O–H groups in total. The van der Waals surface area contributed by atoms with E-state index in [-0.39, 0.29) is 0 Å². The van der Waals surface area contributed by atoms with Crippen molar-refractivity contribution < 1.29 is 4.74 Å². The molecule has 0 aliphatic carbocycles. The van der Waals surface area contributed by atoms with Crippen LogP contribution < -0.4 is 4.74 Å². The minimum Gasteiger partial charge on any atom is -0.457 e. The molecule has 1 aliphatic heterocycles. The summed E-state index contributed by atoms with van der Waals surface area (Å²) in [7, 11) is 0. The highest BCUT2D eigenvalue weighted by Crippen LogP contribution is 2.52. The minimum absolute atomic E-state index is 0.412. The fraction of sp³-hybridized carbons (Fsp3) is 0.0377. The van der Waals surface area contributed by atoms with E-state index in [4.69, 9.17) is 19.7 Å². The van der Waals surface area contributed by atoms with Gasteiger partial charge in [-0.05, 0) is 76.2 Å². The number of fused-ring (bicyclic) bond motifs is 2. The lowest BCUT2D eigenvalue weighted by atomic mass is 9.69. The molecule has 0 amide bonds. The third kappa shape index (κ3) is 6.27. The Morgan fingerprint density at radius 2 is 0.825 bits per heavy atom. The SMILES string of the molecule is CC1(c2ccccc2)c2ccccc2Oc2ccc(-c3ccc(-c4ccccc4)c(-c4cccc(-c5nc(-c6ccccc6)nc(-c6ccccc6)n5)c4)c3)cc21. The largest absolute Gasteiger partial charge is 0.457 e. The summed E-state index contributed by atoms with van der Waals surface area (Å²) in [6.45, 7) is 2.31. The maximum atomic E-state index is 6.57. The molecule has 2 heterocycles. The zero-order chi connectivity index (χ0) is 38.2. The van der Waals surface area contributed by atoms with E-state index in [0.29, 0.717) is 17.5 Å². The highest BCUT2D eigenvalue weighted by molar-refractivity contribution is 5.89. The average molecular weight is 732 g/mol. The Balaban J connectivity index is 1.12. The molecule has 1 aliphatic rings. The predicted octanol–water partition coefficient (Wildman–Crippen LogP) is 13.3. The van der Waals surface area contributed by atoms with Gasteiger partial charge in [-0.15, -0.1) is 0 Å². The summed E-state index contributed by atoms with van der Waals surface area (Å²) in [6.07, 6.45) is 0. The highest BCUT2D eigenvalue weighted by atomic mass is 16.5. The molecular formula is C53H37N3O. The van der Waals surface area contributed by atoms with E-state index in [9.17, 15) is 0 Å². The number of para-hydroxylation sites is 1. The van der Waals surface area contributed by atoms with Gasteiger partial charge >= 0.3 is 0 Å². The van der Waals surface area contributed by atoms with Crippen molar-refractivity contribution >= 4 is 0 Å². The summed E-state index contributed by atoms with van der Waals surface area (Å²) in [4.78, 5) is 15.0. The molecule has 0 saturated carbocycles. The summed E-state index contributed by atoms with van der Waals surface area (Å²) < 4.78 is 6.57. The maximum absolute atomic E-state index is 6.57. The molecule has 1 atom stereocenters. The molecule has 57 heavy (non-hydrogen) atoms. The molecule has 1 aromatic heterocycles. The van der Waals surface area contributed by atoms with Crippen molar-refractivity contribution in [3.63, 3.8) is 0 Å². The molecule has 8 aromatic carbocycles. The second-order valence-corrected chi connectivity index (χ2v) is 14.5. The van der Waals surface area contributed by atoms with Crippen LogP contribution in [0.2, 0.25) is 0 Å². The van der Waals surface area contributed by atoms with Crippen LogP contribution in [-0.4, -0.2) is 15.0 Å². The van der Waals surface area contributed by atoms with Gasteiger partial charge < -0.3 is 4.74 Å². The number of ether oxygens (including phenoxy) is 1. The van der Waals surface area contributed by atoms with Crippen LogP contribution >= 0.6 is 0 Å². The average Bonchev–Trinajstić information content (AvgIpc) is 3.30. The lowest BCUT2D eigenvalue weighted by Crippen LogP contribution is -2.29. The first-order valence-electron chi connectivity index (χ1n) is 19.3. The van der Waals surface area contributed by atoms with Crippen LogP contribution in [0.4, 0.5) is 0 Å².